The Morgan fingerprint density at radius 2 is 1.56 bits per heavy atom. The lowest BCUT2D eigenvalue weighted by Gasteiger charge is -2.39. The SMILES string of the molecule is CCN(C(=O)Oc1ccc(F)cc1)C1CN(C(=O)C2CCN(C(=O)[C@H]3CCC(=O)N(C(C)C)C3)CC2)C[C@H]1c1ccc(Cl)cc1. The number of halogens is 2. The van der Waals surface area contributed by atoms with E-state index in [1.165, 1.54) is 24.3 Å². The standard InChI is InChI=1S/C34H42ClFN4O5/c1-4-39(34(44)45-28-12-10-27(36)11-13-28)30-21-38(20-29(30)23-5-8-26(35)9-6-23)32(42)24-15-17-37(18-16-24)33(43)25-7-14-31(41)40(19-25)22(2)3/h5-6,8-13,22,24-25,29-30H,4,7,14-21H2,1-3H3/t25-,29-,30?/m0/s1. The predicted octanol–water partition coefficient (Wildman–Crippen LogP) is 5.18. The van der Waals surface area contributed by atoms with Crippen molar-refractivity contribution in [3.63, 3.8) is 0 Å². The highest BCUT2D eigenvalue weighted by atomic mass is 35.5. The average Bonchev–Trinajstić information content (AvgIpc) is 3.47. The van der Waals surface area contributed by atoms with Gasteiger partial charge >= 0.3 is 6.09 Å². The molecule has 3 aliphatic heterocycles. The van der Waals surface area contributed by atoms with Crippen LogP contribution in [-0.2, 0) is 14.4 Å². The van der Waals surface area contributed by atoms with Crippen LogP contribution < -0.4 is 4.74 Å². The van der Waals surface area contributed by atoms with Crippen LogP contribution in [0.2, 0.25) is 5.02 Å². The molecule has 1 unspecified atom stereocenters. The Hall–Kier alpha value is -3.66. The summed E-state index contributed by atoms with van der Waals surface area (Å²) in [6.07, 6.45) is 1.54. The molecule has 5 rings (SSSR count). The van der Waals surface area contributed by atoms with Gasteiger partial charge in [-0.3, -0.25) is 14.4 Å². The number of hydrogen-bond acceptors (Lipinski definition) is 5. The van der Waals surface area contributed by atoms with E-state index in [2.05, 4.69) is 0 Å². The molecule has 3 atom stereocenters. The molecular weight excluding hydrogens is 599 g/mol. The zero-order valence-electron chi connectivity index (χ0n) is 26.2. The van der Waals surface area contributed by atoms with Gasteiger partial charge in [0.05, 0.1) is 12.0 Å². The number of nitrogens with zero attached hydrogens (tertiary/aromatic N) is 4. The highest BCUT2D eigenvalue weighted by Crippen LogP contribution is 2.35. The summed E-state index contributed by atoms with van der Waals surface area (Å²) in [5.41, 5.74) is 0.967. The van der Waals surface area contributed by atoms with Crippen LogP contribution in [0.1, 0.15) is 57.9 Å². The number of carbonyl (C=O) groups is 4. The predicted molar refractivity (Wildman–Crippen MR) is 168 cm³/mol. The molecule has 11 heteroatoms. The summed E-state index contributed by atoms with van der Waals surface area (Å²) in [6.45, 7) is 8.40. The van der Waals surface area contributed by atoms with Crippen LogP contribution in [0.3, 0.4) is 0 Å². The van der Waals surface area contributed by atoms with Crippen molar-refractivity contribution in [2.24, 2.45) is 11.8 Å². The quantitative estimate of drug-likeness (QED) is 0.416. The molecule has 0 radical (unpaired) electrons. The maximum absolute atomic E-state index is 13.9. The molecule has 2 aromatic carbocycles. The summed E-state index contributed by atoms with van der Waals surface area (Å²) >= 11 is 6.17. The van der Waals surface area contributed by atoms with Crippen molar-refractivity contribution in [1.29, 1.82) is 0 Å². The van der Waals surface area contributed by atoms with Crippen LogP contribution >= 0.6 is 11.6 Å². The number of hydrogen-bond donors (Lipinski definition) is 0. The number of piperidine rings is 2. The smallest absolute Gasteiger partial charge is 0.410 e. The maximum Gasteiger partial charge on any atom is 0.415 e. The summed E-state index contributed by atoms with van der Waals surface area (Å²) in [5, 5.41) is 0.599. The Kier molecular flexibility index (Phi) is 10.3. The van der Waals surface area contributed by atoms with Crippen molar-refractivity contribution in [3.8, 4) is 5.75 Å². The van der Waals surface area contributed by atoms with E-state index < -0.39 is 11.9 Å². The summed E-state index contributed by atoms with van der Waals surface area (Å²) in [6, 6.07) is 12.5. The van der Waals surface area contributed by atoms with Crippen LogP contribution in [0.15, 0.2) is 48.5 Å². The van der Waals surface area contributed by atoms with Gasteiger partial charge in [-0.1, -0.05) is 23.7 Å². The third kappa shape index (κ3) is 7.43. The Morgan fingerprint density at radius 3 is 2.18 bits per heavy atom. The average molecular weight is 641 g/mol. The largest absolute Gasteiger partial charge is 0.415 e. The van der Waals surface area contributed by atoms with Gasteiger partial charge in [0, 0.05) is 68.6 Å². The maximum atomic E-state index is 13.9. The summed E-state index contributed by atoms with van der Waals surface area (Å²) in [7, 11) is 0. The zero-order valence-corrected chi connectivity index (χ0v) is 26.9. The number of rotatable bonds is 7. The second-order valence-corrected chi connectivity index (χ2v) is 13.0. The van der Waals surface area contributed by atoms with E-state index in [1.807, 2.05) is 42.7 Å². The fraction of sp³-hybridized carbons (Fsp3) is 0.529. The van der Waals surface area contributed by atoms with Gasteiger partial charge in [0.2, 0.25) is 17.7 Å². The fourth-order valence-corrected chi connectivity index (χ4v) is 7.04. The topological polar surface area (TPSA) is 90.5 Å². The van der Waals surface area contributed by atoms with Crippen LogP contribution in [0.5, 0.6) is 5.75 Å². The minimum Gasteiger partial charge on any atom is -0.410 e. The van der Waals surface area contributed by atoms with E-state index in [4.69, 9.17) is 16.3 Å². The van der Waals surface area contributed by atoms with Gasteiger partial charge in [0.1, 0.15) is 11.6 Å². The van der Waals surface area contributed by atoms with Crippen molar-refractivity contribution in [3.05, 3.63) is 64.9 Å². The zero-order chi connectivity index (χ0) is 32.2. The molecule has 3 heterocycles. The molecule has 0 aromatic heterocycles. The molecule has 2 aromatic rings. The first-order chi connectivity index (χ1) is 21.5. The Bertz CT molecular complexity index is 1380. The molecule has 0 saturated carbocycles. The van der Waals surface area contributed by atoms with Crippen molar-refractivity contribution in [2.75, 3.05) is 39.3 Å². The highest BCUT2D eigenvalue weighted by molar-refractivity contribution is 6.30. The Labute approximate surface area is 269 Å². The Morgan fingerprint density at radius 1 is 0.911 bits per heavy atom. The van der Waals surface area contributed by atoms with Crippen molar-refractivity contribution in [2.45, 2.75) is 64.5 Å². The van der Waals surface area contributed by atoms with Gasteiger partial charge in [-0.15, -0.1) is 0 Å². The molecule has 0 bridgehead atoms. The van der Waals surface area contributed by atoms with Crippen LogP contribution in [-0.4, -0.2) is 94.8 Å². The first-order valence-corrected chi connectivity index (χ1v) is 16.3. The molecule has 0 N–H and O–H groups in total. The van der Waals surface area contributed by atoms with Gasteiger partial charge in [-0.25, -0.2) is 9.18 Å². The summed E-state index contributed by atoms with van der Waals surface area (Å²) in [5.74, 6) is -0.565. The van der Waals surface area contributed by atoms with E-state index in [1.54, 1.807) is 21.9 Å². The molecular formula is C34H42ClFN4O5. The first-order valence-electron chi connectivity index (χ1n) is 15.9. The number of likely N-dealkylation sites (tertiary alicyclic amines) is 3. The van der Waals surface area contributed by atoms with E-state index in [0.717, 1.165) is 5.56 Å². The van der Waals surface area contributed by atoms with Crippen molar-refractivity contribution >= 4 is 35.4 Å². The number of ether oxygens (including phenoxy) is 1. The lowest BCUT2D eigenvalue weighted by atomic mass is 9.91. The molecule has 242 valence electrons. The summed E-state index contributed by atoms with van der Waals surface area (Å²) in [4.78, 5) is 60.0. The normalized spacial score (nSPS) is 22.6. The molecule has 3 fully saturated rings. The molecule has 0 spiro atoms. The van der Waals surface area contributed by atoms with Crippen LogP contribution in [0.4, 0.5) is 9.18 Å². The number of likely N-dealkylation sites (N-methyl/N-ethyl adjacent to an activating group) is 1. The van der Waals surface area contributed by atoms with E-state index in [-0.39, 0.29) is 53.3 Å². The highest BCUT2D eigenvalue weighted by Gasteiger charge is 2.44. The van der Waals surface area contributed by atoms with Gasteiger partial charge < -0.3 is 24.3 Å². The second kappa shape index (κ2) is 14.2. The molecule has 0 aliphatic carbocycles. The van der Waals surface area contributed by atoms with E-state index in [9.17, 15) is 23.6 Å². The number of amides is 4. The van der Waals surface area contributed by atoms with Gasteiger partial charge in [0.25, 0.3) is 0 Å². The third-order valence-electron chi connectivity index (χ3n) is 9.47. The van der Waals surface area contributed by atoms with Crippen molar-refractivity contribution < 1.29 is 28.3 Å². The van der Waals surface area contributed by atoms with Gasteiger partial charge in [-0.05, 0) is 82.0 Å². The number of benzene rings is 2. The first kappa shape index (κ1) is 32.7. The van der Waals surface area contributed by atoms with Crippen LogP contribution in [0, 0.1) is 17.7 Å². The minimum atomic E-state index is -0.561. The Balaban J connectivity index is 1.25. The molecule has 4 amide bonds. The lowest BCUT2D eigenvalue weighted by Crippen LogP contribution is -2.51. The lowest BCUT2D eigenvalue weighted by molar-refractivity contribution is -0.147. The minimum absolute atomic E-state index is 0.0285. The molecule has 3 aliphatic rings. The monoisotopic (exact) mass is 640 g/mol. The van der Waals surface area contributed by atoms with Crippen LogP contribution in [0.25, 0.3) is 0 Å². The third-order valence-corrected chi connectivity index (χ3v) is 9.72. The molecule has 3 saturated heterocycles. The number of carbonyl (C=O) groups excluding carboxylic acids is 4. The van der Waals surface area contributed by atoms with Gasteiger partial charge in [0.15, 0.2) is 0 Å². The second-order valence-electron chi connectivity index (χ2n) is 12.6. The molecule has 9 nitrogen and oxygen atoms in total. The van der Waals surface area contributed by atoms with Crippen molar-refractivity contribution in [1.82, 2.24) is 19.6 Å². The van der Waals surface area contributed by atoms with E-state index in [0.29, 0.717) is 70.0 Å². The van der Waals surface area contributed by atoms with E-state index >= 15 is 0 Å². The fourth-order valence-electron chi connectivity index (χ4n) is 6.92. The molecule has 45 heavy (non-hydrogen) atoms. The van der Waals surface area contributed by atoms with Gasteiger partial charge in [-0.2, -0.15) is 0 Å². The summed E-state index contributed by atoms with van der Waals surface area (Å²) < 4.78 is 19.0.